The van der Waals surface area contributed by atoms with Crippen LogP contribution in [0.1, 0.15) is 459 Å². The van der Waals surface area contributed by atoms with Crippen LogP contribution in [0.15, 0.2) is 0 Å². The minimum atomic E-state index is -4.97. The number of esters is 4. The monoisotopic (exact) mass is 1540 g/mol. The van der Waals surface area contributed by atoms with Crippen LogP contribution in [0.25, 0.3) is 0 Å². The van der Waals surface area contributed by atoms with Gasteiger partial charge >= 0.3 is 39.5 Å². The van der Waals surface area contributed by atoms with E-state index in [1.54, 1.807) is 0 Å². The van der Waals surface area contributed by atoms with Gasteiger partial charge in [-0.25, -0.2) is 9.13 Å². The highest BCUT2D eigenvalue weighted by Gasteiger charge is 2.30. The third-order valence-electron chi connectivity index (χ3n) is 20.6. The Bertz CT molecular complexity index is 2010. The second-order valence-corrected chi connectivity index (χ2v) is 34.6. The van der Waals surface area contributed by atoms with E-state index in [0.29, 0.717) is 25.7 Å². The first-order valence-corrected chi connectivity index (χ1v) is 47.5. The highest BCUT2D eigenvalue weighted by molar-refractivity contribution is 7.47. The van der Waals surface area contributed by atoms with E-state index >= 15 is 0 Å². The first-order valence-electron chi connectivity index (χ1n) is 44.5. The van der Waals surface area contributed by atoms with Crippen molar-refractivity contribution in [2.24, 2.45) is 11.8 Å². The molecule has 0 amide bonds. The van der Waals surface area contributed by atoms with Gasteiger partial charge in [-0.15, -0.1) is 0 Å². The Morgan fingerprint density at radius 1 is 0.276 bits per heavy atom. The van der Waals surface area contributed by atoms with Crippen LogP contribution in [0.4, 0.5) is 0 Å². The van der Waals surface area contributed by atoms with Crippen LogP contribution in [0, 0.1) is 11.8 Å². The van der Waals surface area contributed by atoms with E-state index < -0.39 is 97.5 Å². The van der Waals surface area contributed by atoms with Gasteiger partial charge in [0.2, 0.25) is 0 Å². The molecule has 19 heteroatoms. The standard InChI is InChI=1S/C86H168O17P2/c1-7-10-12-14-16-18-20-21-22-23-24-25-26-34-40-46-52-58-64-70-85(90)103-82(75-97-84(89)69-63-57-51-45-39-33-30-28-32-38-43-49-55-61-67-79(6)9-3)77-101-105(94,95)99-73-80(87)72-98-104(92,93)100-76-81(74-96-83(88)68-62-56-50-44-36-19-17-15-13-11-8-2)102-86(91)71-65-59-53-47-41-35-29-27-31-37-42-48-54-60-66-78(4)5/h78-82,87H,7-77H2,1-6H3,(H,92,93)(H,94,95)/t79?,80-,81+,82+/m0/s1. The number of carbonyl (C=O) groups excluding carboxylic acids is 4. The van der Waals surface area contributed by atoms with Crippen molar-refractivity contribution in [1.82, 2.24) is 0 Å². The summed E-state index contributed by atoms with van der Waals surface area (Å²) >= 11 is 0. The predicted molar refractivity (Wildman–Crippen MR) is 432 cm³/mol. The molecule has 105 heavy (non-hydrogen) atoms. The number of aliphatic hydroxyl groups excluding tert-OH is 1. The van der Waals surface area contributed by atoms with Gasteiger partial charge in [0.15, 0.2) is 12.2 Å². The summed E-state index contributed by atoms with van der Waals surface area (Å²) in [5, 5.41) is 10.7. The van der Waals surface area contributed by atoms with Crippen LogP contribution in [0.3, 0.4) is 0 Å². The molecule has 0 heterocycles. The van der Waals surface area contributed by atoms with Gasteiger partial charge in [0, 0.05) is 25.7 Å². The third-order valence-corrected chi connectivity index (χ3v) is 22.5. The summed E-state index contributed by atoms with van der Waals surface area (Å²) in [6.45, 7) is 9.75. The zero-order valence-electron chi connectivity index (χ0n) is 69.0. The number of ether oxygens (including phenoxy) is 4. The molecule has 0 aromatic rings. The lowest BCUT2D eigenvalue weighted by atomic mass is 9.99. The second-order valence-electron chi connectivity index (χ2n) is 31.6. The van der Waals surface area contributed by atoms with E-state index in [-0.39, 0.29) is 25.7 Å². The molecule has 3 N–H and O–H groups in total. The Labute approximate surface area is 645 Å². The smallest absolute Gasteiger partial charge is 0.462 e. The average Bonchev–Trinajstić information content (AvgIpc) is 0.920. The van der Waals surface area contributed by atoms with Gasteiger partial charge in [-0.2, -0.15) is 0 Å². The summed E-state index contributed by atoms with van der Waals surface area (Å²) in [5.74, 6) is -0.455. The van der Waals surface area contributed by atoms with Crippen LogP contribution in [-0.2, 0) is 65.4 Å². The average molecular weight is 1540 g/mol. The number of hydrogen-bond donors (Lipinski definition) is 3. The first kappa shape index (κ1) is 103. The molecule has 17 nitrogen and oxygen atoms in total. The summed E-state index contributed by atoms with van der Waals surface area (Å²) in [6, 6.07) is 0. The molecule has 0 saturated heterocycles. The number of carbonyl (C=O) groups is 4. The van der Waals surface area contributed by atoms with Gasteiger partial charge in [0.05, 0.1) is 26.4 Å². The summed E-state index contributed by atoms with van der Waals surface area (Å²) in [5.41, 5.74) is 0. The van der Waals surface area contributed by atoms with Crippen molar-refractivity contribution < 1.29 is 80.2 Å². The highest BCUT2D eigenvalue weighted by Crippen LogP contribution is 2.45. The molecule has 6 atom stereocenters. The second kappa shape index (κ2) is 77.4. The molecular weight excluding hydrogens is 1370 g/mol. The summed E-state index contributed by atoms with van der Waals surface area (Å²) in [4.78, 5) is 73.2. The van der Waals surface area contributed by atoms with Crippen molar-refractivity contribution in [2.75, 3.05) is 39.6 Å². The third kappa shape index (κ3) is 78.5. The van der Waals surface area contributed by atoms with Crippen molar-refractivity contribution in [3.05, 3.63) is 0 Å². The normalized spacial score (nSPS) is 14.1. The van der Waals surface area contributed by atoms with E-state index in [1.165, 1.54) is 276 Å². The fraction of sp³-hybridized carbons (Fsp3) is 0.953. The van der Waals surface area contributed by atoms with E-state index in [0.717, 1.165) is 102 Å². The maximum atomic E-state index is 13.1. The molecule has 624 valence electrons. The molecule has 0 bridgehead atoms. The molecule has 3 unspecified atom stereocenters. The Balaban J connectivity index is 5.25. The van der Waals surface area contributed by atoms with Crippen molar-refractivity contribution in [1.29, 1.82) is 0 Å². The molecular formula is C86H168O17P2. The number of phosphoric acid groups is 2. The van der Waals surface area contributed by atoms with Gasteiger partial charge < -0.3 is 33.8 Å². The predicted octanol–water partition coefficient (Wildman–Crippen LogP) is 26.2. The van der Waals surface area contributed by atoms with Gasteiger partial charge in [0.1, 0.15) is 19.3 Å². The fourth-order valence-corrected chi connectivity index (χ4v) is 15.0. The fourth-order valence-electron chi connectivity index (χ4n) is 13.4. The van der Waals surface area contributed by atoms with Crippen molar-refractivity contribution >= 4 is 39.5 Å². The lowest BCUT2D eigenvalue weighted by molar-refractivity contribution is -0.161. The Hall–Kier alpha value is -1.94. The Morgan fingerprint density at radius 2 is 0.486 bits per heavy atom. The van der Waals surface area contributed by atoms with Crippen molar-refractivity contribution in [3.8, 4) is 0 Å². The SMILES string of the molecule is CCCCCCCCCCCCCCCCCCCCCC(=O)O[C@H](COC(=O)CCCCCCCCCCCCCCCCC(C)CC)COP(=O)(O)OC[C@@H](O)COP(=O)(O)OC[C@@H](COC(=O)CCCCCCCCCCCCC)OC(=O)CCCCCCCCCCCCCCCCC(C)C. The summed E-state index contributed by atoms with van der Waals surface area (Å²) < 4.78 is 68.9. The number of phosphoric ester groups is 2. The zero-order chi connectivity index (χ0) is 77.1. The van der Waals surface area contributed by atoms with Crippen molar-refractivity contribution in [2.45, 2.75) is 477 Å². The number of rotatable bonds is 85. The molecule has 0 aliphatic heterocycles. The van der Waals surface area contributed by atoms with Gasteiger partial charge in [-0.3, -0.25) is 37.3 Å². The van der Waals surface area contributed by atoms with E-state index in [1.807, 2.05) is 0 Å². The minimum Gasteiger partial charge on any atom is -0.462 e. The van der Waals surface area contributed by atoms with Crippen molar-refractivity contribution in [3.63, 3.8) is 0 Å². The van der Waals surface area contributed by atoms with Gasteiger partial charge in [-0.05, 0) is 37.5 Å². The largest absolute Gasteiger partial charge is 0.472 e. The number of aliphatic hydroxyl groups is 1. The summed E-state index contributed by atoms with van der Waals surface area (Å²) in [6.07, 6.45) is 69.2. The summed E-state index contributed by atoms with van der Waals surface area (Å²) in [7, 11) is -9.93. The van der Waals surface area contributed by atoms with Gasteiger partial charge in [0.25, 0.3) is 0 Å². The molecule has 0 rings (SSSR count). The van der Waals surface area contributed by atoms with Crippen LogP contribution in [-0.4, -0.2) is 96.7 Å². The zero-order valence-corrected chi connectivity index (χ0v) is 70.8. The first-order chi connectivity index (χ1) is 50.9. The van der Waals surface area contributed by atoms with E-state index in [4.69, 9.17) is 37.0 Å². The maximum absolute atomic E-state index is 13.1. The molecule has 0 saturated carbocycles. The molecule has 0 aliphatic rings. The molecule has 0 aromatic carbocycles. The maximum Gasteiger partial charge on any atom is 0.472 e. The number of hydrogen-bond acceptors (Lipinski definition) is 15. The lowest BCUT2D eigenvalue weighted by Gasteiger charge is -2.21. The molecule has 0 aromatic heterocycles. The Morgan fingerprint density at radius 3 is 0.724 bits per heavy atom. The van der Waals surface area contributed by atoms with Crippen LogP contribution in [0.5, 0.6) is 0 Å². The lowest BCUT2D eigenvalue weighted by Crippen LogP contribution is -2.30. The molecule has 0 aliphatic carbocycles. The van der Waals surface area contributed by atoms with E-state index in [9.17, 15) is 43.2 Å². The quantitative estimate of drug-likeness (QED) is 0.0222. The molecule has 0 fully saturated rings. The molecule has 0 spiro atoms. The topological polar surface area (TPSA) is 237 Å². The van der Waals surface area contributed by atoms with Gasteiger partial charge in [-0.1, -0.05) is 408 Å². The van der Waals surface area contributed by atoms with Crippen LogP contribution < -0.4 is 0 Å². The minimum absolute atomic E-state index is 0.108. The van der Waals surface area contributed by atoms with Crippen LogP contribution >= 0.6 is 15.6 Å². The van der Waals surface area contributed by atoms with Crippen LogP contribution in [0.2, 0.25) is 0 Å². The Kier molecular flexibility index (Phi) is 76.0. The van der Waals surface area contributed by atoms with E-state index in [2.05, 4.69) is 41.5 Å². The highest BCUT2D eigenvalue weighted by atomic mass is 31.2. The molecule has 0 radical (unpaired) electrons. The number of unbranched alkanes of at least 4 members (excludes halogenated alkanes) is 54.